The molecule has 0 radical (unpaired) electrons. The monoisotopic (exact) mass is 314 g/mol. The Balaban J connectivity index is 2.15. The van der Waals surface area contributed by atoms with Crippen molar-refractivity contribution in [1.29, 1.82) is 5.26 Å². The van der Waals surface area contributed by atoms with Gasteiger partial charge in [-0.3, -0.25) is 0 Å². The van der Waals surface area contributed by atoms with Crippen LogP contribution in [-0.2, 0) is 0 Å². The number of hydrazone groups is 1. The summed E-state index contributed by atoms with van der Waals surface area (Å²) in [6, 6.07) is 7.38. The second-order valence-electron chi connectivity index (χ2n) is 4.98. The Labute approximate surface area is 134 Å². The molecule has 7 heteroatoms. The van der Waals surface area contributed by atoms with Crippen molar-refractivity contribution in [2.75, 3.05) is 19.6 Å². The van der Waals surface area contributed by atoms with Crippen molar-refractivity contribution in [3.63, 3.8) is 0 Å². The maximum atomic E-state index is 9.06. The van der Waals surface area contributed by atoms with Crippen LogP contribution in [0.4, 0.5) is 5.88 Å². The molecule has 0 aliphatic rings. The van der Waals surface area contributed by atoms with Gasteiger partial charge in [0.05, 0.1) is 20.4 Å². The zero-order valence-corrected chi connectivity index (χ0v) is 13.5. The second-order valence-corrected chi connectivity index (χ2v) is 4.98. The number of hydrogen-bond donors (Lipinski definition) is 1. The van der Waals surface area contributed by atoms with Crippen LogP contribution in [0.25, 0.3) is 0 Å². The van der Waals surface area contributed by atoms with Crippen molar-refractivity contribution in [3.8, 4) is 17.6 Å². The Bertz CT molecular complexity index is 744. The lowest BCUT2D eigenvalue weighted by Gasteiger charge is -2.07. The minimum atomic E-state index is 0.0903. The number of methoxy groups -OCH3 is 2. The van der Waals surface area contributed by atoms with E-state index in [9.17, 15) is 0 Å². The number of nitriles is 1. The number of ether oxygens (including phenoxy) is 2. The van der Waals surface area contributed by atoms with Gasteiger partial charge >= 0.3 is 0 Å². The largest absolute Gasteiger partial charge is 0.493 e. The van der Waals surface area contributed by atoms with Crippen LogP contribution in [0.1, 0.15) is 36.9 Å². The summed E-state index contributed by atoms with van der Waals surface area (Å²) in [7, 11) is 3.14. The predicted molar refractivity (Wildman–Crippen MR) is 86.1 cm³/mol. The third kappa shape index (κ3) is 3.80. The molecular weight excluding hydrogens is 296 g/mol. The van der Waals surface area contributed by atoms with Gasteiger partial charge in [0.15, 0.2) is 11.5 Å². The third-order valence-corrected chi connectivity index (χ3v) is 3.03. The molecule has 0 unspecified atom stereocenters. The molecule has 2 rings (SSSR count). The van der Waals surface area contributed by atoms with E-state index in [1.165, 1.54) is 0 Å². The standard InChI is InChI=1S/C16H18N4O3/c1-10(2)15-19-12(8-17)16(23-15)20-18-9-11-5-6-13(21-3)14(7-11)22-4/h5-7,9-10,20H,1-4H3/b18-9-. The molecule has 0 aliphatic carbocycles. The van der Waals surface area contributed by atoms with Crippen LogP contribution in [0.3, 0.4) is 0 Å². The molecule has 0 saturated heterocycles. The van der Waals surface area contributed by atoms with E-state index in [4.69, 9.17) is 19.2 Å². The fourth-order valence-electron chi connectivity index (χ4n) is 1.83. The Morgan fingerprint density at radius 3 is 2.65 bits per heavy atom. The summed E-state index contributed by atoms with van der Waals surface area (Å²) in [5, 5.41) is 13.1. The Kier molecular flexibility index (Phi) is 5.20. The molecule has 0 saturated carbocycles. The lowest BCUT2D eigenvalue weighted by atomic mass is 10.2. The van der Waals surface area contributed by atoms with Gasteiger partial charge in [-0.1, -0.05) is 13.8 Å². The van der Waals surface area contributed by atoms with Crippen molar-refractivity contribution in [1.82, 2.24) is 4.98 Å². The Hall–Kier alpha value is -3.01. The van der Waals surface area contributed by atoms with Gasteiger partial charge in [-0.05, 0) is 23.8 Å². The summed E-state index contributed by atoms with van der Waals surface area (Å²) in [6.07, 6.45) is 1.58. The quantitative estimate of drug-likeness (QED) is 0.650. The smallest absolute Gasteiger partial charge is 0.252 e. The third-order valence-electron chi connectivity index (χ3n) is 3.03. The number of nitrogens with zero attached hydrogens (tertiary/aromatic N) is 3. The highest BCUT2D eigenvalue weighted by Crippen LogP contribution is 2.27. The molecule has 1 N–H and O–H groups in total. The molecule has 0 fully saturated rings. The highest BCUT2D eigenvalue weighted by atomic mass is 16.5. The molecule has 0 amide bonds. The molecule has 0 atom stereocenters. The van der Waals surface area contributed by atoms with E-state index in [2.05, 4.69) is 15.5 Å². The van der Waals surface area contributed by atoms with Crippen LogP contribution in [0.5, 0.6) is 11.5 Å². The summed E-state index contributed by atoms with van der Waals surface area (Å²) in [4.78, 5) is 4.10. The molecule has 1 heterocycles. The number of rotatable bonds is 6. The molecule has 0 bridgehead atoms. The molecular formula is C16H18N4O3. The lowest BCUT2D eigenvalue weighted by molar-refractivity contribution is 0.355. The van der Waals surface area contributed by atoms with Gasteiger partial charge in [-0.2, -0.15) is 10.4 Å². The van der Waals surface area contributed by atoms with Crippen LogP contribution in [0.15, 0.2) is 27.7 Å². The lowest BCUT2D eigenvalue weighted by Crippen LogP contribution is -1.94. The van der Waals surface area contributed by atoms with E-state index >= 15 is 0 Å². The molecule has 0 spiro atoms. The van der Waals surface area contributed by atoms with E-state index in [1.54, 1.807) is 32.6 Å². The molecule has 7 nitrogen and oxygen atoms in total. The van der Waals surface area contributed by atoms with Gasteiger partial charge in [0.2, 0.25) is 11.6 Å². The minimum absolute atomic E-state index is 0.0903. The van der Waals surface area contributed by atoms with Gasteiger partial charge in [0.25, 0.3) is 5.88 Å². The zero-order valence-electron chi connectivity index (χ0n) is 13.5. The van der Waals surface area contributed by atoms with E-state index in [-0.39, 0.29) is 17.5 Å². The van der Waals surface area contributed by atoms with E-state index < -0.39 is 0 Å². The molecule has 0 aliphatic heterocycles. The summed E-state index contributed by atoms with van der Waals surface area (Å²) >= 11 is 0. The summed E-state index contributed by atoms with van der Waals surface area (Å²) in [5.74, 6) is 2.06. The van der Waals surface area contributed by atoms with Gasteiger partial charge < -0.3 is 13.9 Å². The van der Waals surface area contributed by atoms with Crippen molar-refractivity contribution < 1.29 is 13.9 Å². The number of oxazole rings is 1. The highest BCUT2D eigenvalue weighted by molar-refractivity contribution is 5.81. The maximum absolute atomic E-state index is 9.06. The van der Waals surface area contributed by atoms with Crippen molar-refractivity contribution in [2.24, 2.45) is 5.10 Å². The van der Waals surface area contributed by atoms with Crippen LogP contribution >= 0.6 is 0 Å². The molecule has 1 aromatic carbocycles. The molecule has 120 valence electrons. The number of benzene rings is 1. The van der Waals surface area contributed by atoms with Crippen LogP contribution < -0.4 is 14.9 Å². The topological polar surface area (TPSA) is 92.7 Å². The first-order chi connectivity index (χ1) is 11.1. The van der Waals surface area contributed by atoms with E-state index in [0.29, 0.717) is 17.4 Å². The van der Waals surface area contributed by atoms with Crippen molar-refractivity contribution >= 4 is 12.1 Å². The summed E-state index contributed by atoms with van der Waals surface area (Å²) < 4.78 is 15.9. The second kappa shape index (κ2) is 7.31. The van der Waals surface area contributed by atoms with Gasteiger partial charge in [-0.25, -0.2) is 10.4 Å². The van der Waals surface area contributed by atoms with Crippen LogP contribution in [0.2, 0.25) is 0 Å². The number of aromatic nitrogens is 1. The van der Waals surface area contributed by atoms with Crippen molar-refractivity contribution in [3.05, 3.63) is 35.3 Å². The van der Waals surface area contributed by atoms with Crippen LogP contribution in [0, 0.1) is 11.3 Å². The van der Waals surface area contributed by atoms with E-state index in [0.717, 1.165) is 5.56 Å². The van der Waals surface area contributed by atoms with E-state index in [1.807, 2.05) is 26.0 Å². The fourth-order valence-corrected chi connectivity index (χ4v) is 1.83. The number of anilines is 1. The molecule has 23 heavy (non-hydrogen) atoms. The SMILES string of the molecule is COc1ccc(/C=N\Nc2oc(C(C)C)nc2C#N)cc1OC. The Morgan fingerprint density at radius 1 is 1.30 bits per heavy atom. The molecule has 1 aromatic heterocycles. The van der Waals surface area contributed by atoms with Gasteiger partial charge in [0, 0.05) is 5.92 Å². The first-order valence-electron chi connectivity index (χ1n) is 7.01. The first kappa shape index (κ1) is 16.4. The van der Waals surface area contributed by atoms with Crippen LogP contribution in [-0.4, -0.2) is 25.4 Å². The Morgan fingerprint density at radius 2 is 2.04 bits per heavy atom. The fraction of sp³-hybridized carbons (Fsp3) is 0.312. The summed E-state index contributed by atoms with van der Waals surface area (Å²) in [6.45, 7) is 3.87. The number of hydrogen-bond acceptors (Lipinski definition) is 7. The zero-order chi connectivity index (χ0) is 16.8. The van der Waals surface area contributed by atoms with Crippen molar-refractivity contribution in [2.45, 2.75) is 19.8 Å². The summed E-state index contributed by atoms with van der Waals surface area (Å²) in [5.41, 5.74) is 3.68. The average Bonchev–Trinajstić information content (AvgIpc) is 2.98. The first-order valence-corrected chi connectivity index (χ1v) is 7.01. The minimum Gasteiger partial charge on any atom is -0.493 e. The highest BCUT2D eigenvalue weighted by Gasteiger charge is 2.14. The predicted octanol–water partition coefficient (Wildman–Crippen LogP) is 3.13. The van der Waals surface area contributed by atoms with Gasteiger partial charge in [0.1, 0.15) is 6.07 Å². The average molecular weight is 314 g/mol. The molecule has 2 aromatic rings. The normalized spacial score (nSPS) is 10.8. The van der Waals surface area contributed by atoms with Gasteiger partial charge in [-0.15, -0.1) is 0 Å². The maximum Gasteiger partial charge on any atom is 0.252 e. The number of nitrogens with one attached hydrogen (secondary N) is 1.